The molecule has 0 unspecified atom stereocenters. The molecule has 0 amide bonds. The summed E-state index contributed by atoms with van der Waals surface area (Å²) in [7, 11) is 0. The van der Waals surface area contributed by atoms with E-state index in [0.29, 0.717) is 0 Å². The third kappa shape index (κ3) is 41.2. The number of rotatable bonds is 0. The van der Waals surface area contributed by atoms with Crippen molar-refractivity contribution in [2.24, 2.45) is 0 Å². The molecule has 0 aromatic heterocycles. The summed E-state index contributed by atoms with van der Waals surface area (Å²) in [5.41, 5.74) is 0. The fraction of sp³-hybridized carbons (Fsp3) is 0. The molecule has 0 bridgehead atoms. The SMILES string of the molecule is I.O=S(O)O.[NaH]. The molecule has 0 aliphatic carbocycles. The fourth-order valence-electron chi connectivity index (χ4n) is 0. The second kappa shape index (κ2) is 9.93. The van der Waals surface area contributed by atoms with Crippen molar-refractivity contribution in [1.82, 2.24) is 0 Å². The zero-order valence-electron chi connectivity index (χ0n) is 2.12. The summed E-state index contributed by atoms with van der Waals surface area (Å²) in [5, 5.41) is 0. The maximum absolute atomic E-state index is 8.67. The van der Waals surface area contributed by atoms with Crippen LogP contribution in [0, 0.1) is 0 Å². The van der Waals surface area contributed by atoms with Crippen LogP contribution in [0.2, 0.25) is 0 Å². The topological polar surface area (TPSA) is 57.5 Å². The minimum atomic E-state index is -2.61. The number of hydrogen-bond acceptors (Lipinski definition) is 1. The van der Waals surface area contributed by atoms with E-state index in [2.05, 4.69) is 0 Å². The fourth-order valence-corrected chi connectivity index (χ4v) is 0. The molecule has 2 N–H and O–H groups in total. The van der Waals surface area contributed by atoms with Crippen molar-refractivity contribution >= 4 is 64.9 Å². The van der Waals surface area contributed by atoms with Crippen LogP contribution >= 0.6 is 24.0 Å². The Labute approximate surface area is 77.3 Å². The van der Waals surface area contributed by atoms with Crippen molar-refractivity contribution in [1.29, 1.82) is 0 Å². The van der Waals surface area contributed by atoms with Crippen molar-refractivity contribution < 1.29 is 13.3 Å². The van der Waals surface area contributed by atoms with E-state index < -0.39 is 11.4 Å². The number of hydrogen-bond donors (Lipinski definition) is 2. The monoisotopic (exact) mass is 234 g/mol. The van der Waals surface area contributed by atoms with Gasteiger partial charge >= 0.3 is 29.6 Å². The van der Waals surface area contributed by atoms with Gasteiger partial charge in [-0.05, 0) is 0 Å². The van der Waals surface area contributed by atoms with Crippen LogP contribution in [-0.4, -0.2) is 42.9 Å². The van der Waals surface area contributed by atoms with Gasteiger partial charge in [0, 0.05) is 0 Å². The normalized spacial score (nSPS) is 5.83. The first-order chi connectivity index (χ1) is 1.73. The molecule has 0 aromatic rings. The maximum atomic E-state index is 8.67. The molecule has 0 spiro atoms. The molecule has 0 radical (unpaired) electrons. The molecule has 0 heterocycles. The van der Waals surface area contributed by atoms with E-state index in [0.717, 1.165) is 0 Å². The average molecular weight is 234 g/mol. The van der Waals surface area contributed by atoms with E-state index in [9.17, 15) is 0 Å². The van der Waals surface area contributed by atoms with Crippen LogP contribution in [0.3, 0.4) is 0 Å². The Morgan fingerprint density at radius 1 is 1.33 bits per heavy atom. The molecule has 0 saturated heterocycles. The zero-order chi connectivity index (χ0) is 3.58. The van der Waals surface area contributed by atoms with Gasteiger partial charge in [0.05, 0.1) is 0 Å². The summed E-state index contributed by atoms with van der Waals surface area (Å²) in [6.07, 6.45) is 0. The third-order valence-corrected chi connectivity index (χ3v) is 0. The van der Waals surface area contributed by atoms with Gasteiger partial charge in [-0.3, -0.25) is 9.11 Å². The quantitative estimate of drug-likeness (QED) is 0.342. The Morgan fingerprint density at radius 2 is 1.33 bits per heavy atom. The molecule has 6 heavy (non-hydrogen) atoms. The van der Waals surface area contributed by atoms with Gasteiger partial charge in [-0.2, -0.15) is 4.21 Å². The van der Waals surface area contributed by atoms with Gasteiger partial charge in [0.15, 0.2) is 0 Å². The zero-order valence-corrected chi connectivity index (χ0v) is 5.27. The first kappa shape index (κ1) is 15.7. The van der Waals surface area contributed by atoms with Gasteiger partial charge in [-0.15, -0.1) is 24.0 Å². The average Bonchev–Trinajstić information content (AvgIpc) is 0.811. The van der Waals surface area contributed by atoms with Crippen molar-refractivity contribution in [2.75, 3.05) is 0 Å². The second-order valence-corrected chi connectivity index (χ2v) is 0.692. The predicted octanol–water partition coefficient (Wildman–Crippen LogP) is -0.349. The van der Waals surface area contributed by atoms with Gasteiger partial charge in [0.2, 0.25) is 0 Å². The standard InChI is InChI=1S/HI.Na.H2O3S.H/c;;1-4(2)3;/h1H;;(H2,1,2,3);. The summed E-state index contributed by atoms with van der Waals surface area (Å²) in [5.74, 6) is 0. The molecule has 0 aliphatic rings. The van der Waals surface area contributed by atoms with Crippen molar-refractivity contribution in [3.05, 3.63) is 0 Å². The van der Waals surface area contributed by atoms with Crippen molar-refractivity contribution in [2.45, 2.75) is 0 Å². The Balaban J connectivity index is -0.0000000450. The van der Waals surface area contributed by atoms with Crippen LogP contribution in [-0.2, 0) is 11.4 Å². The van der Waals surface area contributed by atoms with E-state index in [1.54, 1.807) is 0 Å². The minimum absolute atomic E-state index is 0. The molecule has 3 nitrogen and oxygen atoms in total. The van der Waals surface area contributed by atoms with E-state index in [1.165, 1.54) is 0 Å². The third-order valence-electron chi connectivity index (χ3n) is 0. The van der Waals surface area contributed by atoms with Gasteiger partial charge < -0.3 is 0 Å². The molecule has 0 aromatic carbocycles. The summed E-state index contributed by atoms with van der Waals surface area (Å²) in [6.45, 7) is 0. The Bertz CT molecular complexity index is 33.8. The molecule has 6 heteroatoms. The predicted molar refractivity (Wildman–Crippen MR) is 36.0 cm³/mol. The molecule has 0 rings (SSSR count). The van der Waals surface area contributed by atoms with Gasteiger partial charge in [0.1, 0.15) is 0 Å². The van der Waals surface area contributed by atoms with Gasteiger partial charge in [0.25, 0.3) is 11.4 Å². The van der Waals surface area contributed by atoms with Crippen LogP contribution < -0.4 is 0 Å². The van der Waals surface area contributed by atoms with Crippen LogP contribution in [0.5, 0.6) is 0 Å². The summed E-state index contributed by atoms with van der Waals surface area (Å²) >= 11 is -2.61. The Kier molecular flexibility index (Phi) is 25.9. The molecule has 0 saturated carbocycles. The van der Waals surface area contributed by atoms with Gasteiger partial charge in [-0.25, -0.2) is 0 Å². The van der Waals surface area contributed by atoms with Crippen molar-refractivity contribution in [3.63, 3.8) is 0 Å². The number of halogens is 1. The summed E-state index contributed by atoms with van der Waals surface area (Å²) < 4.78 is 22.8. The van der Waals surface area contributed by atoms with Crippen LogP contribution in [0.1, 0.15) is 0 Å². The molecule has 0 fully saturated rings. The first-order valence-corrected chi connectivity index (χ1v) is 1.60. The van der Waals surface area contributed by atoms with Gasteiger partial charge in [-0.1, -0.05) is 0 Å². The van der Waals surface area contributed by atoms with Crippen LogP contribution in [0.4, 0.5) is 0 Å². The van der Waals surface area contributed by atoms with Crippen LogP contribution in [0.15, 0.2) is 0 Å². The summed E-state index contributed by atoms with van der Waals surface area (Å²) in [4.78, 5) is 0. The molecular formula is H4INaO3S. The van der Waals surface area contributed by atoms with E-state index in [1.807, 2.05) is 0 Å². The van der Waals surface area contributed by atoms with E-state index >= 15 is 0 Å². The Morgan fingerprint density at radius 3 is 1.33 bits per heavy atom. The molecule has 36 valence electrons. The van der Waals surface area contributed by atoms with E-state index in [4.69, 9.17) is 13.3 Å². The first-order valence-electron chi connectivity index (χ1n) is 0.532. The summed E-state index contributed by atoms with van der Waals surface area (Å²) in [6, 6.07) is 0. The van der Waals surface area contributed by atoms with Crippen molar-refractivity contribution in [3.8, 4) is 0 Å². The Hall–Kier alpha value is 1.80. The second-order valence-electron chi connectivity index (χ2n) is 0.231. The van der Waals surface area contributed by atoms with E-state index in [-0.39, 0.29) is 53.5 Å². The molecular weight excluding hydrogens is 230 g/mol. The molecule has 0 atom stereocenters. The molecule has 0 aliphatic heterocycles. The van der Waals surface area contributed by atoms with Crippen LogP contribution in [0.25, 0.3) is 0 Å².